The van der Waals surface area contributed by atoms with Gasteiger partial charge in [0.05, 0.1) is 22.8 Å². The predicted octanol–water partition coefficient (Wildman–Crippen LogP) is 3.94. The van der Waals surface area contributed by atoms with E-state index in [9.17, 15) is 18.3 Å². The fourth-order valence-corrected chi connectivity index (χ4v) is 4.96. The van der Waals surface area contributed by atoms with E-state index >= 15 is 0 Å². The number of anilines is 1. The summed E-state index contributed by atoms with van der Waals surface area (Å²) in [5.74, 6) is 0.426. The average Bonchev–Trinajstić information content (AvgIpc) is 3.53. The first kappa shape index (κ1) is 23.3. The summed E-state index contributed by atoms with van der Waals surface area (Å²) >= 11 is 0. The molecule has 1 aliphatic rings. The van der Waals surface area contributed by atoms with E-state index in [4.69, 9.17) is 4.42 Å². The van der Waals surface area contributed by atoms with Crippen molar-refractivity contribution in [3.63, 3.8) is 0 Å². The van der Waals surface area contributed by atoms with Crippen LogP contribution in [0.5, 0.6) is 0 Å². The third-order valence-electron chi connectivity index (χ3n) is 5.78. The number of amides is 1. The lowest BCUT2D eigenvalue weighted by Crippen LogP contribution is -2.20. The van der Waals surface area contributed by atoms with Gasteiger partial charge in [-0.25, -0.2) is 8.42 Å². The van der Waals surface area contributed by atoms with E-state index in [-0.39, 0.29) is 29.1 Å². The summed E-state index contributed by atoms with van der Waals surface area (Å²) in [4.78, 5) is 17.3. The second-order valence-electron chi connectivity index (χ2n) is 8.72. The molecule has 3 N–H and O–H groups in total. The molecule has 0 aliphatic heterocycles. The first-order valence-electron chi connectivity index (χ1n) is 11.1. The number of sulfonamides is 1. The van der Waals surface area contributed by atoms with Crippen molar-refractivity contribution in [2.24, 2.45) is 0 Å². The number of hydrogen-bond donors (Lipinski definition) is 3. The summed E-state index contributed by atoms with van der Waals surface area (Å²) in [5, 5.41) is 12.6. The number of carbonyl (C=O) groups excluding carboxylic acids is 1. The lowest BCUT2D eigenvalue weighted by atomic mass is 10.0. The van der Waals surface area contributed by atoms with Crippen molar-refractivity contribution in [2.75, 3.05) is 17.5 Å². The quantitative estimate of drug-likeness (QED) is 0.435. The number of aliphatic hydroxyl groups is 1. The van der Waals surface area contributed by atoms with Gasteiger partial charge in [0.1, 0.15) is 11.6 Å². The van der Waals surface area contributed by atoms with Crippen molar-refractivity contribution in [3.8, 4) is 11.3 Å². The van der Waals surface area contributed by atoms with Crippen LogP contribution in [0.15, 0.2) is 34.7 Å². The summed E-state index contributed by atoms with van der Waals surface area (Å²) in [5.41, 5.74) is 3.18. The van der Waals surface area contributed by atoms with Crippen LogP contribution in [0.2, 0.25) is 0 Å². The third-order valence-corrected chi connectivity index (χ3v) is 7.11. The Bertz CT molecular complexity index is 1280. The molecule has 8 nitrogen and oxygen atoms in total. The average molecular weight is 472 g/mol. The van der Waals surface area contributed by atoms with Crippen LogP contribution >= 0.6 is 0 Å². The van der Waals surface area contributed by atoms with E-state index in [0.717, 1.165) is 29.5 Å². The van der Waals surface area contributed by atoms with Gasteiger partial charge in [-0.2, -0.15) is 4.98 Å². The SMILES string of the molecule is CNC(=O)c1c(-c2ccc(C)cc2)oc2nc(NS(=O)(=O)CCCC(C)O)c(C3CC3)cc12. The first-order valence-corrected chi connectivity index (χ1v) is 12.8. The predicted molar refractivity (Wildman–Crippen MR) is 128 cm³/mol. The van der Waals surface area contributed by atoms with Gasteiger partial charge in [-0.3, -0.25) is 9.52 Å². The molecule has 176 valence electrons. The number of carbonyl (C=O) groups is 1. The number of fused-ring (bicyclic) bond motifs is 1. The Kier molecular flexibility index (Phi) is 6.45. The molecule has 0 radical (unpaired) electrons. The summed E-state index contributed by atoms with van der Waals surface area (Å²) < 4.78 is 34.0. The van der Waals surface area contributed by atoms with Gasteiger partial charge in [0, 0.05) is 12.6 Å². The fourth-order valence-electron chi connectivity index (χ4n) is 3.85. The van der Waals surface area contributed by atoms with Crippen molar-refractivity contribution in [1.29, 1.82) is 0 Å². The zero-order valence-corrected chi connectivity index (χ0v) is 19.8. The van der Waals surface area contributed by atoms with Gasteiger partial charge in [-0.15, -0.1) is 0 Å². The molecule has 0 spiro atoms. The highest BCUT2D eigenvalue weighted by molar-refractivity contribution is 7.92. The summed E-state index contributed by atoms with van der Waals surface area (Å²) in [7, 11) is -2.09. The molecule has 1 amide bonds. The number of nitrogens with one attached hydrogen (secondary N) is 2. The highest BCUT2D eigenvalue weighted by Crippen LogP contribution is 2.45. The number of hydrogen-bond acceptors (Lipinski definition) is 6. The molecule has 1 aromatic carbocycles. The third kappa shape index (κ3) is 5.20. The summed E-state index contributed by atoms with van der Waals surface area (Å²) in [6.45, 7) is 3.61. The van der Waals surface area contributed by atoms with Crippen molar-refractivity contribution >= 4 is 32.8 Å². The highest BCUT2D eigenvalue weighted by Gasteiger charge is 2.31. The summed E-state index contributed by atoms with van der Waals surface area (Å²) in [6, 6.07) is 9.47. The van der Waals surface area contributed by atoms with Crippen LogP contribution in [0.1, 0.15) is 60.0 Å². The first-order chi connectivity index (χ1) is 15.7. The second kappa shape index (κ2) is 9.15. The maximum Gasteiger partial charge on any atom is 0.255 e. The Labute approximate surface area is 193 Å². The van der Waals surface area contributed by atoms with E-state index in [0.29, 0.717) is 29.6 Å². The van der Waals surface area contributed by atoms with Crippen molar-refractivity contribution in [2.45, 2.75) is 51.6 Å². The molecule has 1 unspecified atom stereocenters. The van der Waals surface area contributed by atoms with Crippen LogP contribution in [0.25, 0.3) is 22.4 Å². The molecule has 3 aromatic rings. The van der Waals surface area contributed by atoms with Gasteiger partial charge in [-0.1, -0.05) is 29.8 Å². The maximum absolute atomic E-state index is 12.8. The van der Waals surface area contributed by atoms with Gasteiger partial charge in [-0.05, 0) is 57.1 Å². The van der Waals surface area contributed by atoms with Crippen LogP contribution in [-0.4, -0.2) is 43.3 Å². The lowest BCUT2D eigenvalue weighted by molar-refractivity contribution is 0.0964. The number of pyridine rings is 1. The van der Waals surface area contributed by atoms with Crippen molar-refractivity contribution in [3.05, 3.63) is 47.0 Å². The minimum absolute atomic E-state index is 0.113. The largest absolute Gasteiger partial charge is 0.437 e. The highest BCUT2D eigenvalue weighted by atomic mass is 32.2. The van der Waals surface area contributed by atoms with Gasteiger partial charge in [0.25, 0.3) is 5.91 Å². The number of aliphatic hydroxyl groups excluding tert-OH is 1. The maximum atomic E-state index is 12.8. The molecule has 1 aliphatic carbocycles. The molecule has 1 fully saturated rings. The zero-order chi connectivity index (χ0) is 23.8. The molecule has 2 heterocycles. The van der Waals surface area contributed by atoms with E-state index < -0.39 is 16.1 Å². The molecular formula is C24H29N3O5S. The molecule has 9 heteroatoms. The van der Waals surface area contributed by atoms with Crippen LogP contribution in [0.3, 0.4) is 0 Å². The van der Waals surface area contributed by atoms with Gasteiger partial charge >= 0.3 is 0 Å². The van der Waals surface area contributed by atoms with E-state index in [1.165, 1.54) is 0 Å². The minimum atomic E-state index is -3.65. The van der Waals surface area contributed by atoms with Crippen LogP contribution in [-0.2, 0) is 10.0 Å². The van der Waals surface area contributed by atoms with Crippen LogP contribution < -0.4 is 10.0 Å². The Morgan fingerprint density at radius 1 is 1.27 bits per heavy atom. The number of rotatable bonds is 9. The normalized spacial score (nSPS) is 14.9. The Balaban J connectivity index is 1.79. The Morgan fingerprint density at radius 3 is 2.58 bits per heavy atom. The van der Waals surface area contributed by atoms with Crippen molar-refractivity contribution < 1.29 is 22.7 Å². The number of aromatic nitrogens is 1. The number of benzene rings is 1. The van der Waals surface area contributed by atoms with E-state index in [1.807, 2.05) is 37.3 Å². The molecule has 33 heavy (non-hydrogen) atoms. The monoisotopic (exact) mass is 471 g/mol. The minimum Gasteiger partial charge on any atom is -0.437 e. The Morgan fingerprint density at radius 2 is 1.97 bits per heavy atom. The van der Waals surface area contributed by atoms with Gasteiger partial charge in [0.2, 0.25) is 15.7 Å². The van der Waals surface area contributed by atoms with E-state index in [1.54, 1.807) is 14.0 Å². The van der Waals surface area contributed by atoms with Crippen molar-refractivity contribution in [1.82, 2.24) is 10.3 Å². The molecule has 1 atom stereocenters. The topological polar surface area (TPSA) is 122 Å². The summed E-state index contributed by atoms with van der Waals surface area (Å²) in [6.07, 6.45) is 2.05. The number of furan rings is 1. The standard InChI is InChI=1S/C24H29N3O5S/c1-14-6-8-17(9-7-14)21-20(23(29)25-3)19-13-18(16-10-11-16)22(26-24(19)32-21)27-33(30,31)12-4-5-15(2)28/h6-9,13,15-16,28H,4-5,10-12H2,1-3H3,(H,25,29)(H,26,27). The molecule has 2 aromatic heterocycles. The number of nitrogens with zero attached hydrogens (tertiary/aromatic N) is 1. The fraction of sp³-hybridized carbons (Fsp3) is 0.417. The van der Waals surface area contributed by atoms with Crippen LogP contribution in [0, 0.1) is 6.92 Å². The van der Waals surface area contributed by atoms with Gasteiger partial charge in [0.15, 0.2) is 0 Å². The lowest BCUT2D eigenvalue weighted by Gasteiger charge is -2.12. The number of aryl methyl sites for hydroxylation is 1. The molecule has 1 saturated carbocycles. The van der Waals surface area contributed by atoms with E-state index in [2.05, 4.69) is 15.0 Å². The van der Waals surface area contributed by atoms with Gasteiger partial charge < -0.3 is 14.8 Å². The second-order valence-corrected chi connectivity index (χ2v) is 10.6. The smallest absolute Gasteiger partial charge is 0.255 e. The zero-order valence-electron chi connectivity index (χ0n) is 19.0. The molecular weight excluding hydrogens is 442 g/mol. The molecule has 0 bridgehead atoms. The Hall–Kier alpha value is -2.91. The molecule has 0 saturated heterocycles. The van der Waals surface area contributed by atoms with Crippen LogP contribution in [0.4, 0.5) is 5.82 Å². The molecule has 4 rings (SSSR count).